The van der Waals surface area contributed by atoms with Crippen LogP contribution in [0.4, 0.5) is 4.39 Å². The molecule has 0 amide bonds. The lowest BCUT2D eigenvalue weighted by atomic mass is 10.2. The van der Waals surface area contributed by atoms with Gasteiger partial charge in [-0.25, -0.2) is 9.37 Å². The molecule has 0 N–H and O–H groups in total. The Balaban J connectivity index is 0.00000133. The van der Waals surface area contributed by atoms with Crippen molar-refractivity contribution in [3.8, 4) is 0 Å². The third-order valence-corrected chi connectivity index (χ3v) is 2.78. The molecule has 96 valence electrons. The van der Waals surface area contributed by atoms with Crippen molar-refractivity contribution in [3.05, 3.63) is 66.2 Å². The van der Waals surface area contributed by atoms with Gasteiger partial charge >= 0.3 is 0 Å². The van der Waals surface area contributed by atoms with Crippen molar-refractivity contribution in [3.63, 3.8) is 0 Å². The van der Waals surface area contributed by atoms with Crippen molar-refractivity contribution in [1.82, 2.24) is 9.55 Å². The molecule has 0 fully saturated rings. The summed E-state index contributed by atoms with van der Waals surface area (Å²) < 4.78 is 14.7. The molecule has 1 heterocycles. The molecule has 3 rings (SSSR count). The van der Waals surface area contributed by atoms with Gasteiger partial charge in [-0.2, -0.15) is 0 Å². The highest BCUT2D eigenvalue weighted by Crippen LogP contribution is 2.13. The van der Waals surface area contributed by atoms with Gasteiger partial charge in [0.15, 0.2) is 0 Å². The molecule has 19 heavy (non-hydrogen) atoms. The van der Waals surface area contributed by atoms with E-state index in [0.717, 1.165) is 16.6 Å². The number of benzene rings is 2. The Morgan fingerprint density at radius 2 is 1.74 bits per heavy atom. The summed E-state index contributed by atoms with van der Waals surface area (Å²) in [7, 11) is 0. The fourth-order valence-electron chi connectivity index (χ4n) is 1.84. The molecule has 1 aromatic heterocycles. The molecule has 0 atom stereocenters. The second-order valence-corrected chi connectivity index (χ2v) is 4.01. The predicted molar refractivity (Wildman–Crippen MR) is 78.6 cm³/mol. The first-order valence-electron chi connectivity index (χ1n) is 5.68. The summed E-state index contributed by atoms with van der Waals surface area (Å²) >= 11 is 0. The largest absolute Gasteiger partial charge is 0.306 e. The lowest BCUT2D eigenvalue weighted by molar-refractivity contribution is 0.628. The van der Waals surface area contributed by atoms with Gasteiger partial charge in [0.25, 0.3) is 0 Å². The third-order valence-electron chi connectivity index (χ3n) is 2.78. The van der Waals surface area contributed by atoms with Crippen molar-refractivity contribution >= 4 is 35.7 Å². The number of hydrogen-bond acceptors (Lipinski definition) is 1. The molecule has 0 radical (unpaired) electrons. The van der Waals surface area contributed by atoms with Gasteiger partial charge in [-0.3, -0.25) is 0 Å². The van der Waals surface area contributed by atoms with Crippen LogP contribution < -0.4 is 0 Å². The monoisotopic (exact) mass is 274 g/mol. The van der Waals surface area contributed by atoms with E-state index >= 15 is 0 Å². The van der Waals surface area contributed by atoms with E-state index in [1.807, 2.05) is 41.1 Å². The van der Waals surface area contributed by atoms with Crippen molar-refractivity contribution in [2.75, 3.05) is 0 Å². The van der Waals surface area contributed by atoms with Gasteiger partial charge in [-0.15, -0.1) is 12.4 Å². The van der Waals surface area contributed by atoms with Crippen LogP contribution in [0.25, 0.3) is 23.3 Å². The minimum atomic E-state index is -0.222. The minimum Gasteiger partial charge on any atom is -0.306 e. The van der Waals surface area contributed by atoms with Crippen LogP contribution in [0.5, 0.6) is 0 Å². The maximum Gasteiger partial charge on any atom is 0.123 e. The smallest absolute Gasteiger partial charge is 0.123 e. The number of nitrogens with zero attached hydrogens (tertiary/aromatic N) is 2. The molecule has 0 unspecified atom stereocenters. The molecule has 0 saturated heterocycles. The first-order chi connectivity index (χ1) is 8.83. The SMILES string of the molecule is Cl.Fc1ccc(/C=C/n2cnc3ccccc32)cc1. The van der Waals surface area contributed by atoms with E-state index in [4.69, 9.17) is 0 Å². The van der Waals surface area contributed by atoms with Crippen molar-refractivity contribution < 1.29 is 4.39 Å². The fourth-order valence-corrected chi connectivity index (χ4v) is 1.84. The second kappa shape index (κ2) is 5.67. The molecule has 0 spiro atoms. The average Bonchev–Trinajstić information content (AvgIpc) is 2.82. The number of aromatic nitrogens is 2. The Morgan fingerprint density at radius 3 is 2.53 bits per heavy atom. The molecule has 4 heteroatoms. The Bertz CT molecular complexity index is 701. The van der Waals surface area contributed by atoms with Crippen LogP contribution >= 0.6 is 12.4 Å². The maximum absolute atomic E-state index is 12.8. The molecule has 0 saturated carbocycles. The van der Waals surface area contributed by atoms with E-state index < -0.39 is 0 Å². The molecule has 3 aromatic rings. The molecule has 0 aliphatic carbocycles. The van der Waals surface area contributed by atoms with Crippen LogP contribution in [-0.4, -0.2) is 9.55 Å². The summed E-state index contributed by atoms with van der Waals surface area (Å²) in [5.74, 6) is -0.222. The molecule has 0 bridgehead atoms. The van der Waals surface area contributed by atoms with Gasteiger partial charge in [0.1, 0.15) is 5.82 Å². The van der Waals surface area contributed by atoms with Crippen LogP contribution in [0.2, 0.25) is 0 Å². The number of imidazole rings is 1. The lowest BCUT2D eigenvalue weighted by Crippen LogP contribution is -1.82. The van der Waals surface area contributed by atoms with Gasteiger partial charge in [0.2, 0.25) is 0 Å². The first kappa shape index (κ1) is 13.3. The minimum absolute atomic E-state index is 0. The zero-order valence-corrected chi connectivity index (χ0v) is 10.8. The summed E-state index contributed by atoms with van der Waals surface area (Å²) in [6, 6.07) is 14.3. The van der Waals surface area contributed by atoms with E-state index in [0.29, 0.717) is 0 Å². The average molecular weight is 275 g/mol. The quantitative estimate of drug-likeness (QED) is 0.684. The van der Waals surface area contributed by atoms with Gasteiger partial charge < -0.3 is 4.57 Å². The highest BCUT2D eigenvalue weighted by molar-refractivity contribution is 5.85. The van der Waals surface area contributed by atoms with E-state index in [-0.39, 0.29) is 18.2 Å². The summed E-state index contributed by atoms with van der Waals surface area (Å²) in [5.41, 5.74) is 2.96. The van der Waals surface area contributed by atoms with Crippen LogP contribution in [0.1, 0.15) is 5.56 Å². The van der Waals surface area contributed by atoms with Crippen LogP contribution in [0.3, 0.4) is 0 Å². The highest BCUT2D eigenvalue weighted by atomic mass is 35.5. The Kier molecular flexibility index (Phi) is 3.97. The van der Waals surface area contributed by atoms with Gasteiger partial charge in [0.05, 0.1) is 17.4 Å². The van der Waals surface area contributed by atoms with E-state index in [2.05, 4.69) is 4.98 Å². The topological polar surface area (TPSA) is 17.8 Å². The van der Waals surface area contributed by atoms with Crippen molar-refractivity contribution in [1.29, 1.82) is 0 Å². The number of para-hydroxylation sites is 2. The van der Waals surface area contributed by atoms with E-state index in [1.54, 1.807) is 18.5 Å². The second-order valence-electron chi connectivity index (χ2n) is 4.01. The van der Waals surface area contributed by atoms with Crippen LogP contribution in [-0.2, 0) is 0 Å². The maximum atomic E-state index is 12.8. The van der Waals surface area contributed by atoms with Crippen molar-refractivity contribution in [2.45, 2.75) is 0 Å². The van der Waals surface area contributed by atoms with E-state index in [9.17, 15) is 4.39 Å². The standard InChI is InChI=1S/C15H11FN2.ClH/c16-13-7-5-12(6-8-13)9-10-18-11-17-14-3-1-2-4-15(14)18;/h1-11H;1H/b10-9+;. The van der Waals surface area contributed by atoms with Gasteiger partial charge in [-0.1, -0.05) is 24.3 Å². The van der Waals surface area contributed by atoms with Gasteiger partial charge in [-0.05, 0) is 35.9 Å². The van der Waals surface area contributed by atoms with Crippen LogP contribution in [0, 0.1) is 5.82 Å². The zero-order valence-electron chi connectivity index (χ0n) is 10.0. The van der Waals surface area contributed by atoms with E-state index in [1.165, 1.54) is 12.1 Å². The number of halogens is 2. The Hall–Kier alpha value is -2.13. The molecular formula is C15H12ClFN2. The zero-order chi connectivity index (χ0) is 12.4. The van der Waals surface area contributed by atoms with Crippen molar-refractivity contribution in [2.24, 2.45) is 0 Å². The lowest BCUT2D eigenvalue weighted by Gasteiger charge is -1.96. The Labute approximate surface area is 116 Å². The summed E-state index contributed by atoms with van der Waals surface area (Å²) in [6.07, 6.45) is 5.61. The molecular weight excluding hydrogens is 263 g/mol. The summed E-state index contributed by atoms with van der Waals surface area (Å²) in [4.78, 5) is 4.30. The number of hydrogen-bond donors (Lipinski definition) is 0. The molecule has 0 aliphatic rings. The molecule has 2 nitrogen and oxygen atoms in total. The predicted octanol–water partition coefficient (Wildman–Crippen LogP) is 4.23. The molecule has 2 aromatic carbocycles. The molecule has 0 aliphatic heterocycles. The van der Waals surface area contributed by atoms with Crippen LogP contribution in [0.15, 0.2) is 54.9 Å². The number of fused-ring (bicyclic) bond motifs is 1. The first-order valence-corrected chi connectivity index (χ1v) is 5.68. The summed E-state index contributed by atoms with van der Waals surface area (Å²) in [5, 5.41) is 0. The van der Waals surface area contributed by atoms with Gasteiger partial charge in [0, 0.05) is 6.20 Å². The normalized spacial score (nSPS) is 10.8. The summed E-state index contributed by atoms with van der Waals surface area (Å²) in [6.45, 7) is 0. The number of rotatable bonds is 2. The third kappa shape index (κ3) is 2.83. The Morgan fingerprint density at radius 1 is 1.00 bits per heavy atom. The highest BCUT2D eigenvalue weighted by Gasteiger charge is 1.97. The fraction of sp³-hybridized carbons (Fsp3) is 0.